The summed E-state index contributed by atoms with van der Waals surface area (Å²) in [5, 5.41) is 5.17. The van der Waals surface area contributed by atoms with E-state index in [1.807, 2.05) is 0 Å². The Balaban J connectivity index is 1.59. The van der Waals surface area contributed by atoms with Crippen molar-refractivity contribution >= 4 is 28.5 Å². The molecular formula is C22H17N7O4. The first-order chi connectivity index (χ1) is 16.1. The summed E-state index contributed by atoms with van der Waals surface area (Å²) in [6.45, 7) is 1.93. The number of anilines is 1. The molecular weight excluding hydrogens is 426 g/mol. The molecule has 0 spiro atoms. The van der Waals surface area contributed by atoms with Gasteiger partial charge in [-0.05, 0) is 24.1 Å². The zero-order chi connectivity index (χ0) is 22.8. The number of ether oxygens (including phenoxy) is 1. The van der Waals surface area contributed by atoms with Gasteiger partial charge in [0.1, 0.15) is 6.26 Å². The van der Waals surface area contributed by atoms with E-state index in [-0.39, 0.29) is 23.4 Å². The number of oxazole rings is 1. The van der Waals surface area contributed by atoms with Crippen molar-refractivity contribution in [1.29, 1.82) is 0 Å². The van der Waals surface area contributed by atoms with Crippen LogP contribution in [0.2, 0.25) is 0 Å². The Bertz CT molecular complexity index is 1410. The third-order valence-electron chi connectivity index (χ3n) is 5.01. The first kappa shape index (κ1) is 20.3. The van der Waals surface area contributed by atoms with Crippen LogP contribution in [0.4, 0.5) is 5.95 Å². The second-order valence-corrected chi connectivity index (χ2v) is 7.09. The highest BCUT2D eigenvalue weighted by atomic mass is 16.5. The van der Waals surface area contributed by atoms with Crippen LogP contribution >= 0.6 is 0 Å². The molecule has 1 aliphatic rings. The zero-order valence-corrected chi connectivity index (χ0v) is 17.3. The van der Waals surface area contributed by atoms with Crippen LogP contribution in [-0.2, 0) is 4.74 Å². The summed E-state index contributed by atoms with van der Waals surface area (Å²) >= 11 is 0. The molecule has 4 heterocycles. The van der Waals surface area contributed by atoms with E-state index in [0.717, 1.165) is 0 Å². The Morgan fingerprint density at radius 1 is 1.09 bits per heavy atom. The second-order valence-electron chi connectivity index (χ2n) is 7.09. The largest absolute Gasteiger partial charge is 0.442 e. The van der Waals surface area contributed by atoms with Crippen molar-refractivity contribution in [1.82, 2.24) is 29.6 Å². The Hall–Kier alpha value is -4.56. The number of hydrogen-bond donors (Lipinski definition) is 1. The number of aromatic nitrogens is 5. The summed E-state index contributed by atoms with van der Waals surface area (Å²) in [4.78, 5) is 38.9. The zero-order valence-electron chi connectivity index (χ0n) is 17.3. The van der Waals surface area contributed by atoms with E-state index >= 15 is 0 Å². The number of amides is 1. The number of nitrogen functional groups attached to an aromatic ring is 1. The summed E-state index contributed by atoms with van der Waals surface area (Å²) in [5.41, 5.74) is 7.15. The number of Topliss-reactive ketones (excluding diaryl/α,β-unsaturated/α-hetero) is 1. The standard InChI is InChI=1S/C22H17N7O4/c23-22-25-6-5-18(26-22)29-16-13-14(2-4-17(30)20-24-7-10-33-20)1-3-15(16)19(27-29)21(31)28-8-11-32-12-9-28/h1,3,5-7,10,13H,8-9,11-12H2,(H2,23,25,26). The molecule has 1 saturated heterocycles. The Morgan fingerprint density at radius 3 is 2.70 bits per heavy atom. The Kier molecular flexibility index (Phi) is 5.26. The third kappa shape index (κ3) is 4.02. The SMILES string of the molecule is Nc1nccc(-n2nc(C(=O)N3CCOCC3)c3ccc(C#CC(=O)c4ncco4)cc32)n1. The van der Waals surface area contributed by atoms with E-state index in [1.165, 1.54) is 23.3 Å². The number of ketones is 1. The number of rotatable bonds is 3. The molecule has 4 aromatic rings. The van der Waals surface area contributed by atoms with E-state index in [2.05, 4.69) is 31.9 Å². The van der Waals surface area contributed by atoms with Crippen LogP contribution in [0.15, 0.2) is 47.3 Å². The fourth-order valence-electron chi connectivity index (χ4n) is 3.44. The molecule has 1 fully saturated rings. The topological polar surface area (TPSA) is 142 Å². The van der Waals surface area contributed by atoms with Crippen molar-refractivity contribution in [2.75, 3.05) is 32.0 Å². The lowest BCUT2D eigenvalue weighted by molar-refractivity contribution is 0.0300. The van der Waals surface area contributed by atoms with Crippen LogP contribution in [-0.4, -0.2) is 67.6 Å². The van der Waals surface area contributed by atoms with Crippen LogP contribution in [0.25, 0.3) is 16.7 Å². The van der Waals surface area contributed by atoms with E-state index in [1.54, 1.807) is 29.2 Å². The predicted molar refractivity (Wildman–Crippen MR) is 116 cm³/mol. The number of morpholine rings is 1. The minimum absolute atomic E-state index is 0.0738. The van der Waals surface area contributed by atoms with Crippen LogP contribution in [0.5, 0.6) is 0 Å². The molecule has 0 bridgehead atoms. The average Bonchev–Trinajstić information content (AvgIpc) is 3.51. The van der Waals surface area contributed by atoms with E-state index < -0.39 is 5.78 Å². The number of hydrogen-bond acceptors (Lipinski definition) is 9. The minimum atomic E-state index is -0.541. The lowest BCUT2D eigenvalue weighted by atomic mass is 10.1. The molecule has 164 valence electrons. The van der Waals surface area contributed by atoms with Crippen molar-refractivity contribution in [3.8, 4) is 17.7 Å². The number of fused-ring (bicyclic) bond motifs is 1. The Labute approximate surface area is 187 Å². The summed E-state index contributed by atoms with van der Waals surface area (Å²) in [6, 6.07) is 6.83. The van der Waals surface area contributed by atoms with Crippen LogP contribution in [0, 0.1) is 11.8 Å². The molecule has 1 aromatic carbocycles. The van der Waals surface area contributed by atoms with Gasteiger partial charge in [0.05, 0.1) is 24.9 Å². The lowest BCUT2D eigenvalue weighted by Crippen LogP contribution is -2.41. The fraction of sp³-hybridized carbons (Fsp3) is 0.182. The molecule has 0 saturated carbocycles. The monoisotopic (exact) mass is 443 g/mol. The number of nitrogens with zero attached hydrogens (tertiary/aromatic N) is 6. The molecule has 33 heavy (non-hydrogen) atoms. The van der Waals surface area contributed by atoms with Gasteiger partial charge in [0.25, 0.3) is 17.6 Å². The van der Waals surface area contributed by atoms with Gasteiger partial charge in [0, 0.05) is 36.3 Å². The maximum absolute atomic E-state index is 13.2. The predicted octanol–water partition coefficient (Wildman–Crippen LogP) is 1.09. The van der Waals surface area contributed by atoms with Crippen molar-refractivity contribution in [2.24, 2.45) is 0 Å². The van der Waals surface area contributed by atoms with Gasteiger partial charge in [-0.2, -0.15) is 10.1 Å². The smallest absolute Gasteiger partial charge is 0.291 e. The van der Waals surface area contributed by atoms with Gasteiger partial charge in [0.2, 0.25) is 5.95 Å². The molecule has 0 unspecified atom stereocenters. The van der Waals surface area contributed by atoms with E-state index in [9.17, 15) is 9.59 Å². The van der Waals surface area contributed by atoms with Crippen molar-refractivity contribution in [3.63, 3.8) is 0 Å². The normalized spacial score (nSPS) is 13.5. The van der Waals surface area contributed by atoms with Gasteiger partial charge in [-0.1, -0.05) is 5.92 Å². The number of benzene rings is 1. The number of nitrogens with two attached hydrogens (primary N) is 1. The van der Waals surface area contributed by atoms with Crippen molar-refractivity contribution in [3.05, 3.63) is 60.1 Å². The van der Waals surface area contributed by atoms with Gasteiger partial charge in [-0.15, -0.1) is 0 Å². The summed E-state index contributed by atoms with van der Waals surface area (Å²) in [6.07, 6.45) is 4.19. The van der Waals surface area contributed by atoms with Crippen molar-refractivity contribution in [2.45, 2.75) is 0 Å². The Morgan fingerprint density at radius 2 is 1.94 bits per heavy atom. The van der Waals surface area contributed by atoms with E-state index in [0.29, 0.717) is 48.6 Å². The number of carbonyl (C=O) groups is 2. The van der Waals surface area contributed by atoms with Gasteiger partial charge < -0.3 is 19.8 Å². The molecule has 1 amide bonds. The quantitative estimate of drug-likeness (QED) is 0.364. The maximum Gasteiger partial charge on any atom is 0.291 e. The van der Waals surface area contributed by atoms with Crippen LogP contribution in [0.1, 0.15) is 26.7 Å². The summed E-state index contributed by atoms with van der Waals surface area (Å²) < 4.78 is 11.8. The van der Waals surface area contributed by atoms with Gasteiger partial charge in [-0.3, -0.25) is 9.59 Å². The molecule has 11 heteroatoms. The summed E-state index contributed by atoms with van der Waals surface area (Å²) in [5.74, 6) is 4.96. The molecule has 3 aromatic heterocycles. The highest BCUT2D eigenvalue weighted by molar-refractivity contribution is 6.07. The molecule has 11 nitrogen and oxygen atoms in total. The van der Waals surface area contributed by atoms with Gasteiger partial charge >= 0.3 is 0 Å². The maximum atomic E-state index is 13.2. The van der Waals surface area contributed by atoms with Gasteiger partial charge in [0.15, 0.2) is 11.5 Å². The summed E-state index contributed by atoms with van der Waals surface area (Å²) in [7, 11) is 0. The van der Waals surface area contributed by atoms with Crippen LogP contribution in [0.3, 0.4) is 0 Å². The fourth-order valence-corrected chi connectivity index (χ4v) is 3.44. The lowest BCUT2D eigenvalue weighted by Gasteiger charge is -2.26. The molecule has 0 aliphatic carbocycles. The highest BCUT2D eigenvalue weighted by Gasteiger charge is 2.25. The third-order valence-corrected chi connectivity index (χ3v) is 5.01. The van der Waals surface area contributed by atoms with Crippen LogP contribution < -0.4 is 5.73 Å². The average molecular weight is 443 g/mol. The molecule has 1 aliphatic heterocycles. The van der Waals surface area contributed by atoms with Crippen molar-refractivity contribution < 1.29 is 18.7 Å². The second kappa shape index (κ2) is 8.52. The first-order valence-electron chi connectivity index (χ1n) is 10.0. The molecule has 0 radical (unpaired) electrons. The highest BCUT2D eigenvalue weighted by Crippen LogP contribution is 2.24. The minimum Gasteiger partial charge on any atom is -0.442 e. The molecule has 2 N–H and O–H groups in total. The molecule has 5 rings (SSSR count). The molecule has 0 atom stereocenters. The van der Waals surface area contributed by atoms with E-state index in [4.69, 9.17) is 14.9 Å². The van der Waals surface area contributed by atoms with Gasteiger partial charge in [-0.25, -0.2) is 14.6 Å². The first-order valence-corrected chi connectivity index (χ1v) is 10.0. The number of carbonyl (C=O) groups excluding carboxylic acids is 2.